The lowest BCUT2D eigenvalue weighted by molar-refractivity contribution is -0.125. The number of benzene rings is 2. The van der Waals surface area contributed by atoms with Gasteiger partial charge in [0.2, 0.25) is 5.91 Å². The molecule has 1 atom stereocenters. The summed E-state index contributed by atoms with van der Waals surface area (Å²) in [5.41, 5.74) is 2.31. The van der Waals surface area contributed by atoms with E-state index in [4.69, 9.17) is 4.74 Å². The summed E-state index contributed by atoms with van der Waals surface area (Å²) >= 11 is 0. The molecule has 0 bridgehead atoms. The largest absolute Gasteiger partial charge is 0.479 e. The number of nitrogens with zero attached hydrogens (tertiary/aromatic N) is 2. The van der Waals surface area contributed by atoms with Crippen LogP contribution in [0.3, 0.4) is 0 Å². The van der Waals surface area contributed by atoms with Crippen LogP contribution < -0.4 is 15.0 Å². The minimum absolute atomic E-state index is 0.0445. The van der Waals surface area contributed by atoms with Crippen LogP contribution in [0.2, 0.25) is 0 Å². The molecule has 2 aliphatic heterocycles. The Morgan fingerprint density at radius 3 is 2.65 bits per heavy atom. The molecular weight excluding hydrogens is 390 g/mol. The molecule has 4 rings (SSSR count). The first-order valence-electron chi connectivity index (χ1n) is 11.0. The van der Waals surface area contributed by atoms with Gasteiger partial charge in [-0.2, -0.15) is 0 Å². The summed E-state index contributed by atoms with van der Waals surface area (Å²) in [6.07, 6.45) is 6.49. The lowest BCUT2D eigenvalue weighted by Gasteiger charge is -2.35. The molecule has 1 unspecified atom stereocenters. The number of carbonyl (C=O) groups is 2. The van der Waals surface area contributed by atoms with Gasteiger partial charge in [-0.05, 0) is 62.7 Å². The molecule has 162 valence electrons. The lowest BCUT2D eigenvalue weighted by atomic mass is 10.1. The van der Waals surface area contributed by atoms with E-state index in [9.17, 15) is 9.59 Å². The zero-order valence-corrected chi connectivity index (χ0v) is 17.9. The highest BCUT2D eigenvalue weighted by Crippen LogP contribution is 2.36. The van der Waals surface area contributed by atoms with Crippen molar-refractivity contribution in [1.82, 2.24) is 4.90 Å². The Balaban J connectivity index is 1.46. The monoisotopic (exact) mass is 419 g/mol. The highest BCUT2D eigenvalue weighted by atomic mass is 16.5. The Morgan fingerprint density at radius 2 is 1.87 bits per heavy atom. The smallest absolute Gasteiger partial charge is 0.267 e. The highest BCUT2D eigenvalue weighted by Gasteiger charge is 2.32. The molecule has 6 nitrogen and oxygen atoms in total. The topological polar surface area (TPSA) is 61.9 Å². The van der Waals surface area contributed by atoms with Gasteiger partial charge in [-0.25, -0.2) is 0 Å². The van der Waals surface area contributed by atoms with Crippen LogP contribution in [-0.2, 0) is 9.59 Å². The van der Waals surface area contributed by atoms with E-state index in [2.05, 4.69) is 10.2 Å². The molecule has 2 amide bonds. The van der Waals surface area contributed by atoms with Crippen molar-refractivity contribution in [2.75, 3.05) is 36.4 Å². The van der Waals surface area contributed by atoms with Crippen molar-refractivity contribution in [3.05, 3.63) is 60.2 Å². The van der Waals surface area contributed by atoms with Gasteiger partial charge in [0.25, 0.3) is 5.91 Å². The number of carbonyl (C=O) groups excluding carboxylic acids is 2. The molecule has 1 N–H and O–H groups in total. The number of hydrogen-bond acceptors (Lipinski definition) is 4. The molecule has 31 heavy (non-hydrogen) atoms. The van der Waals surface area contributed by atoms with Gasteiger partial charge in [0.1, 0.15) is 5.75 Å². The van der Waals surface area contributed by atoms with Gasteiger partial charge < -0.3 is 19.9 Å². The minimum Gasteiger partial charge on any atom is -0.479 e. The number of piperidine rings is 1. The van der Waals surface area contributed by atoms with Crippen molar-refractivity contribution < 1.29 is 14.3 Å². The van der Waals surface area contributed by atoms with Gasteiger partial charge >= 0.3 is 0 Å². The highest BCUT2D eigenvalue weighted by molar-refractivity contribution is 6.04. The van der Waals surface area contributed by atoms with Crippen molar-refractivity contribution in [3.63, 3.8) is 0 Å². The van der Waals surface area contributed by atoms with Gasteiger partial charge in [-0.3, -0.25) is 9.59 Å². The van der Waals surface area contributed by atoms with E-state index in [1.165, 1.54) is 25.3 Å². The fourth-order valence-corrected chi connectivity index (χ4v) is 4.06. The third-order valence-corrected chi connectivity index (χ3v) is 5.75. The first-order valence-corrected chi connectivity index (χ1v) is 11.0. The number of ether oxygens (including phenoxy) is 1. The maximum atomic E-state index is 12.8. The second kappa shape index (κ2) is 9.79. The van der Waals surface area contributed by atoms with Crippen LogP contribution in [0, 0.1) is 0 Å². The number of likely N-dealkylation sites (tertiary alicyclic amines) is 1. The maximum absolute atomic E-state index is 12.8. The minimum atomic E-state index is -0.511. The van der Waals surface area contributed by atoms with Crippen molar-refractivity contribution in [2.24, 2.45) is 0 Å². The third kappa shape index (κ3) is 5.33. The van der Waals surface area contributed by atoms with Crippen LogP contribution in [-0.4, -0.2) is 49.0 Å². The Bertz CT molecular complexity index is 952. The summed E-state index contributed by atoms with van der Waals surface area (Å²) in [4.78, 5) is 29.4. The fourth-order valence-electron chi connectivity index (χ4n) is 4.06. The summed E-state index contributed by atoms with van der Waals surface area (Å²) in [5, 5.41) is 2.88. The van der Waals surface area contributed by atoms with Crippen molar-refractivity contribution in [3.8, 4) is 5.75 Å². The van der Waals surface area contributed by atoms with Gasteiger partial charge in [-0.15, -0.1) is 0 Å². The molecule has 1 saturated heterocycles. The summed E-state index contributed by atoms with van der Waals surface area (Å²) in [7, 11) is 0. The number of amides is 2. The first-order chi connectivity index (χ1) is 15.1. The zero-order valence-electron chi connectivity index (χ0n) is 17.9. The molecule has 1 fully saturated rings. The molecule has 6 heteroatoms. The average Bonchev–Trinajstić information content (AvgIpc) is 2.80. The molecule has 0 aliphatic carbocycles. The SMILES string of the molecule is CC1Oc2ccc(NC(=O)/C=C/c3ccccc3)cc2N(CCN2CCCCC2)C1=O. The van der Waals surface area contributed by atoms with Gasteiger partial charge in [0, 0.05) is 24.9 Å². The van der Waals surface area contributed by atoms with Crippen LogP contribution in [0.4, 0.5) is 11.4 Å². The molecule has 0 aromatic heterocycles. The molecular formula is C25H29N3O3. The first kappa shape index (κ1) is 21.1. The average molecular weight is 420 g/mol. The lowest BCUT2D eigenvalue weighted by Crippen LogP contribution is -2.48. The molecule has 2 aromatic rings. The van der Waals surface area contributed by atoms with E-state index in [1.807, 2.05) is 42.5 Å². The summed E-state index contributed by atoms with van der Waals surface area (Å²) < 4.78 is 5.80. The Labute approximate surface area is 183 Å². The van der Waals surface area contributed by atoms with E-state index < -0.39 is 6.10 Å². The zero-order chi connectivity index (χ0) is 21.6. The van der Waals surface area contributed by atoms with E-state index in [1.54, 1.807) is 24.0 Å². The summed E-state index contributed by atoms with van der Waals surface area (Å²) in [5.74, 6) is 0.403. The number of anilines is 2. The number of fused-ring (bicyclic) bond motifs is 1. The van der Waals surface area contributed by atoms with Crippen LogP contribution in [0.15, 0.2) is 54.6 Å². The normalized spacial score (nSPS) is 19.2. The van der Waals surface area contributed by atoms with E-state index >= 15 is 0 Å². The molecule has 2 aromatic carbocycles. The Morgan fingerprint density at radius 1 is 1.10 bits per heavy atom. The summed E-state index contributed by atoms with van der Waals surface area (Å²) in [6.45, 7) is 5.41. The number of hydrogen-bond donors (Lipinski definition) is 1. The van der Waals surface area contributed by atoms with E-state index in [0.29, 0.717) is 23.7 Å². The maximum Gasteiger partial charge on any atom is 0.267 e. The predicted octanol–water partition coefficient (Wildman–Crippen LogP) is 3.94. The van der Waals surface area contributed by atoms with Gasteiger partial charge in [0.15, 0.2) is 6.10 Å². The van der Waals surface area contributed by atoms with E-state index in [-0.39, 0.29) is 11.8 Å². The van der Waals surface area contributed by atoms with E-state index in [0.717, 1.165) is 25.2 Å². The Hall–Kier alpha value is -3.12. The summed E-state index contributed by atoms with van der Waals surface area (Å²) in [6, 6.07) is 15.1. The quantitative estimate of drug-likeness (QED) is 0.721. The van der Waals surface area contributed by atoms with Crippen LogP contribution in [0.25, 0.3) is 6.08 Å². The second-order valence-corrected chi connectivity index (χ2v) is 8.07. The van der Waals surface area contributed by atoms with Gasteiger partial charge in [0.05, 0.1) is 5.69 Å². The van der Waals surface area contributed by atoms with Crippen molar-refractivity contribution >= 4 is 29.3 Å². The predicted molar refractivity (Wildman–Crippen MR) is 123 cm³/mol. The van der Waals surface area contributed by atoms with Crippen LogP contribution in [0.5, 0.6) is 5.75 Å². The van der Waals surface area contributed by atoms with Crippen molar-refractivity contribution in [2.45, 2.75) is 32.3 Å². The second-order valence-electron chi connectivity index (χ2n) is 8.07. The standard InChI is InChI=1S/C25H29N3O3/c1-19-25(30)28(17-16-27-14-6-3-7-15-27)22-18-21(11-12-23(22)31-19)26-24(29)13-10-20-8-4-2-5-9-20/h2,4-5,8-13,18-19H,3,6-7,14-17H2,1H3,(H,26,29)/b13-10+. The van der Waals surface area contributed by atoms with Crippen LogP contribution in [0.1, 0.15) is 31.7 Å². The fraction of sp³-hybridized carbons (Fsp3) is 0.360. The van der Waals surface area contributed by atoms with Crippen molar-refractivity contribution in [1.29, 1.82) is 0 Å². The van der Waals surface area contributed by atoms with Gasteiger partial charge in [-0.1, -0.05) is 36.8 Å². The van der Waals surface area contributed by atoms with Crippen LogP contribution >= 0.6 is 0 Å². The molecule has 0 saturated carbocycles. The third-order valence-electron chi connectivity index (χ3n) is 5.75. The molecule has 0 radical (unpaired) electrons. The number of nitrogens with one attached hydrogen (secondary N) is 1. The molecule has 2 heterocycles. The molecule has 2 aliphatic rings. The number of rotatable bonds is 6. The molecule has 0 spiro atoms. The Kier molecular flexibility index (Phi) is 6.67.